The molecule has 130 valence electrons. The van der Waals surface area contributed by atoms with Crippen LogP contribution >= 0.6 is 0 Å². The van der Waals surface area contributed by atoms with Crippen LogP contribution in [0, 0.1) is 0 Å². The van der Waals surface area contributed by atoms with Gasteiger partial charge in [-0.15, -0.1) is 0 Å². The van der Waals surface area contributed by atoms with Crippen molar-refractivity contribution in [2.75, 3.05) is 31.1 Å². The van der Waals surface area contributed by atoms with Gasteiger partial charge in [0.1, 0.15) is 4.90 Å². The number of alkyl halides is 3. The average Bonchev–Trinajstić information content (AvgIpc) is 3.06. The van der Waals surface area contributed by atoms with Crippen LogP contribution in [0.2, 0.25) is 0 Å². The van der Waals surface area contributed by atoms with Crippen LogP contribution in [0.1, 0.15) is 5.56 Å². The van der Waals surface area contributed by atoms with Gasteiger partial charge in [-0.1, -0.05) is 12.1 Å². The molecule has 1 saturated heterocycles. The van der Waals surface area contributed by atoms with Crippen LogP contribution in [0.3, 0.4) is 0 Å². The predicted molar refractivity (Wildman–Crippen MR) is 83.5 cm³/mol. The monoisotopic (exact) mass is 359 g/mol. The Balaban J connectivity index is 1.99. The second-order valence-corrected chi connectivity index (χ2v) is 7.25. The van der Waals surface area contributed by atoms with Crippen molar-refractivity contribution in [2.45, 2.75) is 11.1 Å². The van der Waals surface area contributed by atoms with E-state index in [2.05, 4.69) is 5.32 Å². The van der Waals surface area contributed by atoms with Crippen LogP contribution in [0.5, 0.6) is 0 Å². The van der Waals surface area contributed by atoms with E-state index in [1.54, 1.807) is 6.07 Å². The molecule has 0 unspecified atom stereocenters. The Labute approximate surface area is 137 Å². The third kappa shape index (κ3) is 3.13. The van der Waals surface area contributed by atoms with Crippen LogP contribution in [-0.4, -0.2) is 38.6 Å². The van der Waals surface area contributed by atoms with Gasteiger partial charge >= 0.3 is 6.18 Å². The first-order chi connectivity index (χ1) is 11.3. The highest BCUT2D eigenvalue weighted by Gasteiger charge is 2.37. The second kappa shape index (κ2) is 6.14. The number of rotatable bonds is 3. The van der Waals surface area contributed by atoms with E-state index in [1.807, 2.05) is 4.90 Å². The summed E-state index contributed by atoms with van der Waals surface area (Å²) in [5, 5.41) is 3.18. The lowest BCUT2D eigenvalue weighted by molar-refractivity contribution is -0.139. The van der Waals surface area contributed by atoms with E-state index in [1.165, 1.54) is 24.5 Å². The van der Waals surface area contributed by atoms with E-state index >= 15 is 0 Å². The molecule has 0 aliphatic carbocycles. The summed E-state index contributed by atoms with van der Waals surface area (Å²) in [6.45, 7) is 2.97. The van der Waals surface area contributed by atoms with Crippen LogP contribution in [-0.2, 0) is 16.2 Å². The summed E-state index contributed by atoms with van der Waals surface area (Å²) in [5.74, 6) is 0. The molecule has 2 heterocycles. The lowest BCUT2D eigenvalue weighted by atomic mass is 10.2. The minimum absolute atomic E-state index is 0.671. The molecule has 9 heteroatoms. The Kier molecular flexibility index (Phi) is 4.31. The largest absolute Gasteiger partial charge is 0.417 e. The summed E-state index contributed by atoms with van der Waals surface area (Å²) in [4.78, 5) is 1.23. The molecular weight excluding hydrogens is 343 g/mol. The van der Waals surface area contributed by atoms with Gasteiger partial charge in [0.05, 0.1) is 11.3 Å². The van der Waals surface area contributed by atoms with Gasteiger partial charge < -0.3 is 10.2 Å². The van der Waals surface area contributed by atoms with Crippen molar-refractivity contribution < 1.29 is 21.6 Å². The van der Waals surface area contributed by atoms with Crippen molar-refractivity contribution in [2.24, 2.45) is 0 Å². The highest BCUT2D eigenvalue weighted by Crippen LogP contribution is 2.35. The number of halogens is 3. The van der Waals surface area contributed by atoms with Crippen molar-refractivity contribution in [1.82, 2.24) is 9.29 Å². The molecule has 0 spiro atoms. The zero-order valence-electron chi connectivity index (χ0n) is 12.6. The van der Waals surface area contributed by atoms with E-state index in [-0.39, 0.29) is 0 Å². The number of nitrogens with one attached hydrogen (secondary N) is 1. The van der Waals surface area contributed by atoms with Gasteiger partial charge in [-0.3, -0.25) is 0 Å². The van der Waals surface area contributed by atoms with Gasteiger partial charge in [0, 0.05) is 38.6 Å². The quantitative estimate of drug-likeness (QED) is 0.913. The molecule has 1 aromatic heterocycles. The number of hydrogen-bond acceptors (Lipinski definition) is 4. The van der Waals surface area contributed by atoms with E-state index in [9.17, 15) is 21.6 Å². The highest BCUT2D eigenvalue weighted by atomic mass is 32.2. The number of anilines is 1. The minimum Gasteiger partial charge on any atom is -0.368 e. The van der Waals surface area contributed by atoms with Crippen molar-refractivity contribution in [3.05, 3.63) is 48.3 Å². The fourth-order valence-electron chi connectivity index (χ4n) is 2.67. The summed E-state index contributed by atoms with van der Waals surface area (Å²) in [6.07, 6.45) is -2.11. The number of hydrogen-bond donors (Lipinski definition) is 1. The molecule has 0 atom stereocenters. The van der Waals surface area contributed by atoms with Crippen molar-refractivity contribution in [3.63, 3.8) is 0 Å². The number of aromatic nitrogens is 1. The summed E-state index contributed by atoms with van der Waals surface area (Å²) in [6, 6.07) is 5.79. The fraction of sp³-hybridized carbons (Fsp3) is 0.333. The molecule has 3 rings (SSSR count). The average molecular weight is 359 g/mol. The smallest absolute Gasteiger partial charge is 0.368 e. The summed E-state index contributed by atoms with van der Waals surface area (Å²) in [7, 11) is -4.32. The molecule has 0 saturated carbocycles. The van der Waals surface area contributed by atoms with Crippen LogP contribution in [0.4, 0.5) is 18.9 Å². The molecule has 24 heavy (non-hydrogen) atoms. The SMILES string of the molecule is O=S(=O)(c1ccccc1C(F)(F)F)n1ccc(N2CCNCC2)c1. The topological polar surface area (TPSA) is 54.3 Å². The predicted octanol–water partition coefficient (Wildman–Crippen LogP) is 2.15. The van der Waals surface area contributed by atoms with Crippen LogP contribution < -0.4 is 10.2 Å². The summed E-state index contributed by atoms with van der Waals surface area (Å²) < 4.78 is 65.4. The molecule has 5 nitrogen and oxygen atoms in total. The van der Waals surface area contributed by atoms with E-state index in [0.29, 0.717) is 18.8 Å². The second-order valence-electron chi connectivity index (χ2n) is 5.44. The molecule has 1 fully saturated rings. The molecule has 2 aromatic rings. The van der Waals surface area contributed by atoms with Gasteiger partial charge in [-0.25, -0.2) is 12.4 Å². The molecule has 1 aliphatic rings. The molecule has 0 amide bonds. The molecule has 0 radical (unpaired) electrons. The van der Waals surface area contributed by atoms with E-state index in [0.717, 1.165) is 29.2 Å². The van der Waals surface area contributed by atoms with Gasteiger partial charge in [0.2, 0.25) is 0 Å². The van der Waals surface area contributed by atoms with Gasteiger partial charge in [-0.2, -0.15) is 13.2 Å². The molecular formula is C15H16F3N3O2S. The summed E-state index contributed by atoms with van der Waals surface area (Å²) >= 11 is 0. The maximum Gasteiger partial charge on any atom is 0.417 e. The van der Waals surface area contributed by atoms with Crippen LogP contribution in [0.15, 0.2) is 47.6 Å². The Morgan fingerprint density at radius 3 is 2.38 bits per heavy atom. The minimum atomic E-state index is -4.74. The standard InChI is InChI=1S/C15H16F3N3O2S/c16-15(17,18)13-3-1-2-4-14(13)24(22,23)21-8-5-12(11-21)20-9-6-19-7-10-20/h1-5,8,11,19H,6-7,9-10H2. The van der Waals surface area contributed by atoms with Crippen molar-refractivity contribution in [3.8, 4) is 0 Å². The molecule has 0 bridgehead atoms. The number of piperazine rings is 1. The van der Waals surface area contributed by atoms with Gasteiger partial charge in [0.25, 0.3) is 10.0 Å². The third-order valence-electron chi connectivity index (χ3n) is 3.88. The van der Waals surface area contributed by atoms with E-state index < -0.39 is 26.7 Å². The van der Waals surface area contributed by atoms with E-state index in [4.69, 9.17) is 0 Å². The zero-order chi connectivity index (χ0) is 17.4. The molecule has 1 aliphatic heterocycles. The Morgan fingerprint density at radius 1 is 1.04 bits per heavy atom. The Bertz CT molecular complexity index is 824. The molecule has 1 N–H and O–H groups in total. The normalized spacial score (nSPS) is 16.4. The van der Waals surface area contributed by atoms with Crippen LogP contribution in [0.25, 0.3) is 0 Å². The lowest BCUT2D eigenvalue weighted by Crippen LogP contribution is -2.43. The third-order valence-corrected chi connectivity index (χ3v) is 5.58. The highest BCUT2D eigenvalue weighted by molar-refractivity contribution is 7.90. The number of benzene rings is 1. The first-order valence-electron chi connectivity index (χ1n) is 7.35. The first-order valence-corrected chi connectivity index (χ1v) is 8.79. The Hall–Kier alpha value is -2.00. The van der Waals surface area contributed by atoms with Gasteiger partial charge in [-0.05, 0) is 18.2 Å². The summed E-state index contributed by atoms with van der Waals surface area (Å²) in [5.41, 5.74) is -0.494. The van der Waals surface area contributed by atoms with Crippen molar-refractivity contribution in [1.29, 1.82) is 0 Å². The zero-order valence-corrected chi connectivity index (χ0v) is 13.4. The number of nitrogens with zero attached hydrogens (tertiary/aromatic N) is 2. The lowest BCUT2D eigenvalue weighted by Gasteiger charge is -2.28. The molecule has 1 aromatic carbocycles. The van der Waals surface area contributed by atoms with Crippen molar-refractivity contribution >= 4 is 15.7 Å². The maximum atomic E-state index is 13.1. The fourth-order valence-corrected chi connectivity index (χ4v) is 4.07. The van der Waals surface area contributed by atoms with Gasteiger partial charge in [0.15, 0.2) is 0 Å². The Morgan fingerprint density at radius 2 is 1.71 bits per heavy atom. The maximum absolute atomic E-state index is 13.1. The first kappa shape index (κ1) is 16.8.